The second-order valence-electron chi connectivity index (χ2n) is 2.60. The SMILES string of the molecule is C=CC[C@H](O)c1ccccc1O. The van der Waals surface area contributed by atoms with Gasteiger partial charge in [-0.25, -0.2) is 0 Å². The lowest BCUT2D eigenvalue weighted by Crippen LogP contribution is -1.95. The van der Waals surface area contributed by atoms with Crippen LogP contribution in [-0.4, -0.2) is 10.2 Å². The van der Waals surface area contributed by atoms with Crippen molar-refractivity contribution in [3.05, 3.63) is 42.5 Å². The van der Waals surface area contributed by atoms with Crippen molar-refractivity contribution >= 4 is 0 Å². The summed E-state index contributed by atoms with van der Waals surface area (Å²) >= 11 is 0. The summed E-state index contributed by atoms with van der Waals surface area (Å²) in [5.74, 6) is 0.131. The highest BCUT2D eigenvalue weighted by atomic mass is 16.3. The number of hydrogen-bond acceptors (Lipinski definition) is 2. The molecule has 1 aromatic rings. The fourth-order valence-electron chi connectivity index (χ4n) is 1.05. The molecule has 0 saturated carbocycles. The number of aliphatic hydroxyl groups is 1. The third kappa shape index (κ3) is 1.86. The molecule has 0 aliphatic rings. The first-order valence-electron chi connectivity index (χ1n) is 3.82. The van der Waals surface area contributed by atoms with Gasteiger partial charge in [-0.3, -0.25) is 0 Å². The van der Waals surface area contributed by atoms with E-state index in [2.05, 4.69) is 6.58 Å². The molecule has 1 atom stereocenters. The molecular formula is C10H12O2. The van der Waals surface area contributed by atoms with Gasteiger partial charge in [0.05, 0.1) is 6.10 Å². The molecule has 0 amide bonds. The molecule has 1 aromatic carbocycles. The summed E-state index contributed by atoms with van der Waals surface area (Å²) in [7, 11) is 0. The standard InChI is InChI=1S/C10H12O2/c1-2-5-9(11)8-6-3-4-7-10(8)12/h2-4,6-7,9,11-12H,1,5H2/t9-/m0/s1. The molecule has 0 aliphatic heterocycles. The van der Waals surface area contributed by atoms with Gasteiger partial charge in [-0.15, -0.1) is 6.58 Å². The van der Waals surface area contributed by atoms with Crippen molar-refractivity contribution < 1.29 is 10.2 Å². The molecule has 0 heterocycles. The van der Waals surface area contributed by atoms with Gasteiger partial charge in [-0.2, -0.15) is 0 Å². The second-order valence-corrected chi connectivity index (χ2v) is 2.60. The maximum Gasteiger partial charge on any atom is 0.121 e. The molecule has 0 fully saturated rings. The predicted molar refractivity (Wildman–Crippen MR) is 47.9 cm³/mol. The van der Waals surface area contributed by atoms with Gasteiger partial charge >= 0.3 is 0 Å². The molecule has 0 unspecified atom stereocenters. The number of para-hydroxylation sites is 1. The van der Waals surface area contributed by atoms with Gasteiger partial charge in [0.1, 0.15) is 5.75 Å². The number of rotatable bonds is 3. The summed E-state index contributed by atoms with van der Waals surface area (Å²) in [6.07, 6.45) is 1.43. The summed E-state index contributed by atoms with van der Waals surface area (Å²) < 4.78 is 0. The highest BCUT2D eigenvalue weighted by Gasteiger charge is 2.08. The summed E-state index contributed by atoms with van der Waals surface area (Å²) in [6, 6.07) is 6.76. The zero-order valence-corrected chi connectivity index (χ0v) is 6.77. The van der Waals surface area contributed by atoms with Crippen LogP contribution in [0.5, 0.6) is 5.75 Å². The van der Waals surface area contributed by atoms with E-state index in [0.29, 0.717) is 12.0 Å². The van der Waals surface area contributed by atoms with E-state index in [-0.39, 0.29) is 5.75 Å². The van der Waals surface area contributed by atoms with Crippen LogP contribution in [0.2, 0.25) is 0 Å². The van der Waals surface area contributed by atoms with E-state index in [1.807, 2.05) is 0 Å². The van der Waals surface area contributed by atoms with Gasteiger partial charge < -0.3 is 10.2 Å². The Morgan fingerprint density at radius 2 is 2.08 bits per heavy atom. The predicted octanol–water partition coefficient (Wildman–Crippen LogP) is 2.00. The van der Waals surface area contributed by atoms with Gasteiger partial charge in [0, 0.05) is 5.56 Å². The highest BCUT2D eigenvalue weighted by Crippen LogP contribution is 2.25. The molecule has 0 aromatic heterocycles. The number of phenols is 1. The van der Waals surface area contributed by atoms with Crippen LogP contribution in [0.15, 0.2) is 36.9 Å². The monoisotopic (exact) mass is 164 g/mol. The van der Waals surface area contributed by atoms with Crippen molar-refractivity contribution in [2.75, 3.05) is 0 Å². The quantitative estimate of drug-likeness (QED) is 0.671. The van der Waals surface area contributed by atoms with E-state index in [1.165, 1.54) is 0 Å². The molecule has 2 heteroatoms. The van der Waals surface area contributed by atoms with Gasteiger partial charge in [0.25, 0.3) is 0 Å². The van der Waals surface area contributed by atoms with E-state index < -0.39 is 6.10 Å². The Kier molecular flexibility index (Phi) is 2.88. The van der Waals surface area contributed by atoms with E-state index in [4.69, 9.17) is 0 Å². The van der Waals surface area contributed by atoms with Crippen LogP contribution in [-0.2, 0) is 0 Å². The maximum atomic E-state index is 9.47. The van der Waals surface area contributed by atoms with Crippen molar-refractivity contribution in [3.8, 4) is 5.75 Å². The first-order valence-corrected chi connectivity index (χ1v) is 3.82. The van der Waals surface area contributed by atoms with Crippen molar-refractivity contribution in [1.29, 1.82) is 0 Å². The fraction of sp³-hybridized carbons (Fsp3) is 0.200. The van der Waals surface area contributed by atoms with E-state index >= 15 is 0 Å². The topological polar surface area (TPSA) is 40.5 Å². The summed E-state index contributed by atoms with van der Waals surface area (Å²) in [4.78, 5) is 0. The highest BCUT2D eigenvalue weighted by molar-refractivity contribution is 5.33. The number of aromatic hydroxyl groups is 1. The Balaban J connectivity index is 2.86. The fourth-order valence-corrected chi connectivity index (χ4v) is 1.05. The smallest absolute Gasteiger partial charge is 0.121 e. The Morgan fingerprint density at radius 1 is 1.42 bits per heavy atom. The molecule has 2 N–H and O–H groups in total. The third-order valence-corrected chi connectivity index (χ3v) is 1.69. The van der Waals surface area contributed by atoms with Gasteiger partial charge in [0.2, 0.25) is 0 Å². The largest absolute Gasteiger partial charge is 0.508 e. The summed E-state index contributed by atoms with van der Waals surface area (Å²) in [6.45, 7) is 3.51. The van der Waals surface area contributed by atoms with Crippen LogP contribution < -0.4 is 0 Å². The zero-order chi connectivity index (χ0) is 8.97. The van der Waals surface area contributed by atoms with Crippen molar-refractivity contribution in [2.24, 2.45) is 0 Å². The molecule has 0 spiro atoms. The first-order chi connectivity index (χ1) is 5.75. The van der Waals surface area contributed by atoms with Crippen molar-refractivity contribution in [2.45, 2.75) is 12.5 Å². The molecule has 0 bridgehead atoms. The van der Waals surface area contributed by atoms with Crippen LogP contribution in [0, 0.1) is 0 Å². The maximum absolute atomic E-state index is 9.47. The number of hydrogen-bond donors (Lipinski definition) is 2. The molecule has 0 radical (unpaired) electrons. The minimum atomic E-state index is -0.649. The minimum absolute atomic E-state index is 0.131. The van der Waals surface area contributed by atoms with Crippen molar-refractivity contribution in [1.82, 2.24) is 0 Å². The van der Waals surface area contributed by atoms with Gasteiger partial charge in [-0.1, -0.05) is 24.3 Å². The molecule has 2 nitrogen and oxygen atoms in total. The lowest BCUT2D eigenvalue weighted by Gasteiger charge is -2.09. The molecule has 12 heavy (non-hydrogen) atoms. The molecule has 64 valence electrons. The van der Waals surface area contributed by atoms with Crippen LogP contribution >= 0.6 is 0 Å². The van der Waals surface area contributed by atoms with Gasteiger partial charge in [-0.05, 0) is 12.5 Å². The number of phenolic OH excluding ortho intramolecular Hbond substituents is 1. The lowest BCUT2D eigenvalue weighted by atomic mass is 10.1. The Morgan fingerprint density at radius 3 is 2.67 bits per heavy atom. The second kappa shape index (κ2) is 3.93. The van der Waals surface area contributed by atoms with Crippen LogP contribution in [0.4, 0.5) is 0 Å². The van der Waals surface area contributed by atoms with Crippen LogP contribution in [0.3, 0.4) is 0 Å². The molecule has 0 aliphatic carbocycles. The molecular weight excluding hydrogens is 152 g/mol. The third-order valence-electron chi connectivity index (χ3n) is 1.69. The average molecular weight is 164 g/mol. The zero-order valence-electron chi connectivity index (χ0n) is 6.77. The lowest BCUT2D eigenvalue weighted by molar-refractivity contribution is 0.177. The first kappa shape index (κ1) is 8.81. The Hall–Kier alpha value is -1.28. The number of benzene rings is 1. The normalized spacial score (nSPS) is 12.4. The van der Waals surface area contributed by atoms with E-state index in [0.717, 1.165) is 0 Å². The van der Waals surface area contributed by atoms with E-state index in [1.54, 1.807) is 30.3 Å². The average Bonchev–Trinajstić information content (AvgIpc) is 2.05. The van der Waals surface area contributed by atoms with Gasteiger partial charge in [0.15, 0.2) is 0 Å². The molecule has 0 saturated heterocycles. The van der Waals surface area contributed by atoms with Crippen molar-refractivity contribution in [3.63, 3.8) is 0 Å². The summed E-state index contributed by atoms with van der Waals surface area (Å²) in [5.41, 5.74) is 0.553. The minimum Gasteiger partial charge on any atom is -0.508 e. The number of aliphatic hydroxyl groups excluding tert-OH is 1. The molecule has 1 rings (SSSR count). The summed E-state index contributed by atoms with van der Waals surface area (Å²) in [5, 5.41) is 18.8. The van der Waals surface area contributed by atoms with E-state index in [9.17, 15) is 10.2 Å². The Labute approximate surface area is 71.8 Å². The van der Waals surface area contributed by atoms with Crippen LogP contribution in [0.1, 0.15) is 18.1 Å². The van der Waals surface area contributed by atoms with Crippen LogP contribution in [0.25, 0.3) is 0 Å². The Bertz CT molecular complexity index is 268.